The van der Waals surface area contributed by atoms with E-state index in [1.165, 1.54) is 17.5 Å². The van der Waals surface area contributed by atoms with E-state index < -0.39 is 0 Å². The molecule has 0 aromatic heterocycles. The first-order valence-corrected chi connectivity index (χ1v) is 7.50. The number of fused-ring (bicyclic) bond motifs is 1. The molecule has 1 fully saturated rings. The van der Waals surface area contributed by atoms with Gasteiger partial charge in [0.25, 0.3) is 0 Å². The van der Waals surface area contributed by atoms with Crippen LogP contribution in [0.1, 0.15) is 42.9 Å². The number of rotatable bonds is 5. The minimum atomic E-state index is -0.107. The van der Waals surface area contributed by atoms with Gasteiger partial charge in [-0.2, -0.15) is 0 Å². The molecule has 2 atom stereocenters. The monoisotopic (exact) mass is 276 g/mol. The molecule has 0 radical (unpaired) electrons. The molecule has 4 nitrogen and oxygen atoms in total. The highest BCUT2D eigenvalue weighted by atomic mass is 16.5. The fourth-order valence-electron chi connectivity index (χ4n) is 3.54. The maximum Gasteiger partial charge on any atom is 0.0845 e. The normalized spacial score (nSPS) is 25.6. The van der Waals surface area contributed by atoms with Crippen LogP contribution in [0.15, 0.2) is 24.3 Å². The van der Waals surface area contributed by atoms with Gasteiger partial charge in [-0.05, 0) is 43.2 Å². The van der Waals surface area contributed by atoms with Gasteiger partial charge in [0.05, 0.1) is 24.4 Å². The minimum absolute atomic E-state index is 0.107. The van der Waals surface area contributed by atoms with Crippen LogP contribution in [0.3, 0.4) is 0 Å². The average Bonchev–Trinajstić information content (AvgIpc) is 2.45. The summed E-state index contributed by atoms with van der Waals surface area (Å²) in [6, 6.07) is 8.69. The smallest absolute Gasteiger partial charge is 0.0845 e. The molecule has 2 aliphatic rings. The summed E-state index contributed by atoms with van der Waals surface area (Å²) in [6.45, 7) is 0.791. The van der Waals surface area contributed by atoms with E-state index in [1.54, 1.807) is 7.11 Å². The van der Waals surface area contributed by atoms with Crippen molar-refractivity contribution in [3.05, 3.63) is 35.4 Å². The maximum absolute atomic E-state index is 5.99. The molecule has 1 saturated carbocycles. The molecule has 1 aliphatic heterocycles. The van der Waals surface area contributed by atoms with Gasteiger partial charge >= 0.3 is 0 Å². The molecule has 0 spiro atoms. The van der Waals surface area contributed by atoms with E-state index in [2.05, 4.69) is 29.7 Å². The Bertz CT molecular complexity index is 454. The predicted octanol–water partition coefficient (Wildman–Crippen LogP) is 2.09. The highest BCUT2D eigenvalue weighted by molar-refractivity contribution is 5.31. The molecule has 20 heavy (non-hydrogen) atoms. The number of ether oxygens (including phenoxy) is 2. The lowest BCUT2D eigenvalue weighted by Crippen LogP contribution is -2.59. The predicted molar refractivity (Wildman–Crippen MR) is 78.2 cm³/mol. The van der Waals surface area contributed by atoms with Crippen LogP contribution in [-0.2, 0) is 15.9 Å². The van der Waals surface area contributed by atoms with Crippen molar-refractivity contribution in [2.45, 2.75) is 49.9 Å². The van der Waals surface area contributed by atoms with E-state index >= 15 is 0 Å². The van der Waals surface area contributed by atoms with Crippen LogP contribution in [0.2, 0.25) is 0 Å². The second-order valence-corrected chi connectivity index (χ2v) is 5.89. The summed E-state index contributed by atoms with van der Waals surface area (Å²) in [6.07, 6.45) is 5.35. The van der Waals surface area contributed by atoms with Crippen molar-refractivity contribution < 1.29 is 9.47 Å². The van der Waals surface area contributed by atoms with E-state index in [0.29, 0.717) is 0 Å². The Morgan fingerprint density at radius 3 is 2.90 bits per heavy atom. The zero-order valence-electron chi connectivity index (χ0n) is 12.1. The van der Waals surface area contributed by atoms with Gasteiger partial charge in [0.1, 0.15) is 0 Å². The van der Waals surface area contributed by atoms with Gasteiger partial charge in [-0.1, -0.05) is 24.3 Å². The first kappa shape index (κ1) is 14.0. The quantitative estimate of drug-likeness (QED) is 0.639. The summed E-state index contributed by atoms with van der Waals surface area (Å²) in [5.74, 6) is 5.80. The van der Waals surface area contributed by atoms with Crippen molar-refractivity contribution >= 4 is 0 Å². The summed E-state index contributed by atoms with van der Waals surface area (Å²) in [5, 5.41) is 0. The summed E-state index contributed by atoms with van der Waals surface area (Å²) in [5.41, 5.74) is 5.57. The molecule has 3 N–H and O–H groups in total. The molecule has 1 heterocycles. The summed E-state index contributed by atoms with van der Waals surface area (Å²) in [4.78, 5) is 0. The van der Waals surface area contributed by atoms with Crippen molar-refractivity contribution in [3.63, 3.8) is 0 Å². The van der Waals surface area contributed by atoms with E-state index in [4.69, 9.17) is 15.3 Å². The number of hydrogen-bond donors (Lipinski definition) is 2. The number of methoxy groups -OCH3 is 1. The van der Waals surface area contributed by atoms with Gasteiger partial charge in [-0.3, -0.25) is 11.3 Å². The lowest BCUT2D eigenvalue weighted by Gasteiger charge is -2.47. The largest absolute Gasteiger partial charge is 0.377 e. The van der Waals surface area contributed by atoms with Crippen molar-refractivity contribution in [3.8, 4) is 0 Å². The first-order valence-electron chi connectivity index (χ1n) is 7.50. The zero-order chi connectivity index (χ0) is 14.0. The number of hydrogen-bond acceptors (Lipinski definition) is 4. The van der Waals surface area contributed by atoms with Gasteiger partial charge in [-0.25, -0.2) is 0 Å². The lowest BCUT2D eigenvalue weighted by atomic mass is 9.72. The van der Waals surface area contributed by atoms with E-state index in [1.807, 2.05) is 0 Å². The second-order valence-electron chi connectivity index (χ2n) is 5.89. The van der Waals surface area contributed by atoms with Gasteiger partial charge in [0, 0.05) is 7.11 Å². The van der Waals surface area contributed by atoms with Gasteiger partial charge in [0.15, 0.2) is 0 Å². The Morgan fingerprint density at radius 2 is 2.25 bits per heavy atom. The van der Waals surface area contributed by atoms with Gasteiger partial charge in [-0.15, -0.1) is 0 Å². The fourth-order valence-corrected chi connectivity index (χ4v) is 3.54. The molecule has 0 amide bonds. The second kappa shape index (κ2) is 5.82. The van der Waals surface area contributed by atoms with Crippen molar-refractivity contribution in [1.82, 2.24) is 5.43 Å². The molecule has 3 rings (SSSR count). The Hall–Kier alpha value is -0.940. The fraction of sp³-hybridized carbons (Fsp3) is 0.625. The molecular weight excluding hydrogens is 252 g/mol. The molecule has 1 aromatic carbocycles. The molecule has 110 valence electrons. The molecule has 1 aliphatic carbocycles. The third kappa shape index (κ3) is 2.37. The summed E-state index contributed by atoms with van der Waals surface area (Å²) in [7, 11) is 1.79. The maximum atomic E-state index is 5.99. The van der Waals surface area contributed by atoms with Crippen molar-refractivity contribution in [2.75, 3.05) is 13.7 Å². The van der Waals surface area contributed by atoms with E-state index in [0.717, 1.165) is 32.3 Å². The zero-order valence-corrected chi connectivity index (χ0v) is 12.1. The van der Waals surface area contributed by atoms with Crippen molar-refractivity contribution in [2.24, 2.45) is 5.84 Å². The van der Waals surface area contributed by atoms with Crippen LogP contribution in [0, 0.1) is 0 Å². The first-order chi connectivity index (χ1) is 9.79. The number of nitrogens with two attached hydrogens (primary N) is 1. The molecular formula is C16H24N2O2. The highest BCUT2D eigenvalue weighted by Crippen LogP contribution is 2.42. The third-order valence-corrected chi connectivity index (χ3v) is 4.98. The van der Waals surface area contributed by atoms with Gasteiger partial charge in [0.2, 0.25) is 0 Å². The van der Waals surface area contributed by atoms with Crippen LogP contribution in [0.25, 0.3) is 0 Å². The van der Waals surface area contributed by atoms with Crippen LogP contribution in [-0.4, -0.2) is 25.4 Å². The Kier molecular flexibility index (Phi) is 4.08. The van der Waals surface area contributed by atoms with Crippen molar-refractivity contribution in [1.29, 1.82) is 0 Å². The van der Waals surface area contributed by atoms with Gasteiger partial charge < -0.3 is 9.47 Å². The molecule has 2 unspecified atom stereocenters. The molecule has 1 aromatic rings. The van der Waals surface area contributed by atoms with Crippen LogP contribution < -0.4 is 11.3 Å². The van der Waals surface area contributed by atoms with E-state index in [-0.39, 0.29) is 17.7 Å². The number of hydrazine groups is 1. The lowest BCUT2D eigenvalue weighted by molar-refractivity contribution is -0.111. The Balaban J connectivity index is 1.77. The third-order valence-electron chi connectivity index (χ3n) is 4.98. The SMILES string of the molecule is COC1(C(CC2OCCc3ccccc32)NN)CCC1. The average molecular weight is 276 g/mol. The van der Waals surface area contributed by atoms with Crippen LogP contribution in [0.5, 0.6) is 0 Å². The van der Waals surface area contributed by atoms with Crippen LogP contribution >= 0.6 is 0 Å². The molecule has 0 saturated heterocycles. The summed E-state index contributed by atoms with van der Waals surface area (Å²) >= 11 is 0. The molecule has 0 bridgehead atoms. The van der Waals surface area contributed by atoms with E-state index in [9.17, 15) is 0 Å². The summed E-state index contributed by atoms with van der Waals surface area (Å²) < 4.78 is 11.8. The van der Waals surface area contributed by atoms with Crippen LogP contribution in [0.4, 0.5) is 0 Å². The number of benzene rings is 1. The Morgan fingerprint density at radius 1 is 1.45 bits per heavy atom. The standard InChI is InChI=1S/C16H24N2O2/c1-19-16(8-4-9-16)15(18-17)11-14-13-6-3-2-5-12(13)7-10-20-14/h2-3,5-6,14-15,18H,4,7-11,17H2,1H3. The molecule has 4 heteroatoms. The highest BCUT2D eigenvalue weighted by Gasteiger charge is 2.45. The Labute approximate surface area is 120 Å². The number of nitrogens with one attached hydrogen (secondary N) is 1. The minimum Gasteiger partial charge on any atom is -0.377 e. The topological polar surface area (TPSA) is 56.5 Å².